The number of carbonyl (C=O) groups excluding carboxylic acids is 3. The van der Waals surface area contributed by atoms with Crippen molar-refractivity contribution in [1.82, 2.24) is 30.4 Å². The van der Waals surface area contributed by atoms with Crippen molar-refractivity contribution in [1.29, 1.82) is 0 Å². The minimum Gasteiger partial charge on any atom is -0.480 e. The number of nitrogens with one attached hydrogen (secondary N) is 1. The second-order valence-corrected chi connectivity index (χ2v) is 12.6. The second kappa shape index (κ2) is 10.1. The number of aromatic nitrogens is 4. The van der Waals surface area contributed by atoms with E-state index < -0.39 is 62.9 Å². The molecule has 1 aromatic rings. The summed E-state index contributed by atoms with van der Waals surface area (Å²) in [6.45, 7) is 0. The number of carbonyl (C=O) groups is 5. The Morgan fingerprint density at radius 3 is 2.53 bits per heavy atom. The first kappa shape index (κ1) is 26.6. The lowest BCUT2D eigenvalue weighted by Gasteiger charge is -2.59. The maximum atomic E-state index is 13.2. The maximum absolute atomic E-state index is 13.2. The van der Waals surface area contributed by atoms with Gasteiger partial charge in [0.1, 0.15) is 21.6 Å². The van der Waals surface area contributed by atoms with Gasteiger partial charge in [0.2, 0.25) is 11.1 Å². The summed E-state index contributed by atoms with van der Waals surface area (Å²) in [5, 5.41) is 32.4. The molecule has 19 heteroatoms. The smallest absolute Gasteiger partial charge is 0.343 e. The average molecular weight is 578 g/mol. The monoisotopic (exact) mass is 577 g/mol. The standard InChI is InChI=1S/C17H19N7O8S4/c1-23-16(20-21-22-23)34-4-5-3-33-15-17(32-2,14(31)24(15)7(5)11(29)30)19-9(26)13-35-12(36-13)6(8(18)25)10(27)28/h5,7,13,15H,3-4H2,1-2H3,(H2,18,25)(H,19,26)(H,27,28)(H,29,30)/t5?,7?,13?,15-,17+/m1/s1. The Kier molecular flexibility index (Phi) is 7.47. The van der Waals surface area contributed by atoms with Crippen LogP contribution in [0.5, 0.6) is 0 Å². The van der Waals surface area contributed by atoms with Crippen LogP contribution >= 0.6 is 47.0 Å². The predicted octanol–water partition coefficient (Wildman–Crippen LogP) is -1.67. The van der Waals surface area contributed by atoms with Gasteiger partial charge < -0.3 is 30.9 Å². The van der Waals surface area contributed by atoms with Crippen LogP contribution in [0.4, 0.5) is 0 Å². The topological polar surface area (TPSA) is 220 Å². The van der Waals surface area contributed by atoms with Crippen molar-refractivity contribution in [2.45, 2.75) is 26.9 Å². The van der Waals surface area contributed by atoms with Crippen LogP contribution in [0.3, 0.4) is 0 Å². The molecule has 36 heavy (non-hydrogen) atoms. The number of nitrogens with zero attached hydrogens (tertiary/aromatic N) is 5. The Bertz CT molecular complexity index is 1150. The highest BCUT2D eigenvalue weighted by Crippen LogP contribution is 2.53. The van der Waals surface area contributed by atoms with Gasteiger partial charge in [-0.1, -0.05) is 35.3 Å². The number of aliphatic carboxylic acids is 2. The number of ether oxygens (including phenoxy) is 1. The van der Waals surface area contributed by atoms with Crippen LogP contribution in [-0.4, -0.2) is 105 Å². The fourth-order valence-electron chi connectivity index (χ4n) is 3.84. The number of β-lactam (4-membered cyclic amide) rings is 1. The molecule has 0 radical (unpaired) electrons. The minimum atomic E-state index is -1.78. The lowest BCUT2D eigenvalue weighted by Crippen LogP contribution is -2.84. The number of methoxy groups -OCH3 is 1. The summed E-state index contributed by atoms with van der Waals surface area (Å²) in [7, 11) is 2.89. The van der Waals surface area contributed by atoms with Gasteiger partial charge in [0.05, 0.1) is 4.24 Å². The van der Waals surface area contributed by atoms with Gasteiger partial charge in [-0.05, 0) is 10.4 Å². The number of amides is 3. The van der Waals surface area contributed by atoms with Crippen molar-refractivity contribution in [3.05, 3.63) is 9.81 Å². The summed E-state index contributed by atoms with van der Waals surface area (Å²) in [5.41, 5.74) is 2.69. The lowest BCUT2D eigenvalue weighted by molar-refractivity contribution is -0.206. The van der Waals surface area contributed by atoms with Gasteiger partial charge in [0.25, 0.3) is 17.5 Å². The maximum Gasteiger partial charge on any atom is 0.343 e. The van der Waals surface area contributed by atoms with Gasteiger partial charge in [-0.2, -0.15) is 0 Å². The highest BCUT2D eigenvalue weighted by molar-refractivity contribution is 8.39. The number of hydrogen-bond donors (Lipinski definition) is 4. The van der Waals surface area contributed by atoms with Gasteiger partial charge in [-0.15, -0.1) is 16.9 Å². The highest BCUT2D eigenvalue weighted by atomic mass is 32.3. The predicted molar refractivity (Wildman–Crippen MR) is 128 cm³/mol. The number of fused-ring (bicyclic) bond motifs is 1. The number of carboxylic acid groups (broad SMARTS) is 2. The molecule has 3 saturated heterocycles. The van der Waals surface area contributed by atoms with Crippen molar-refractivity contribution in [2.24, 2.45) is 18.7 Å². The van der Waals surface area contributed by atoms with E-state index in [0.29, 0.717) is 16.7 Å². The quantitative estimate of drug-likeness (QED) is 0.0644. The number of primary amides is 1. The molecule has 1 aromatic heterocycles. The van der Waals surface area contributed by atoms with E-state index in [1.54, 1.807) is 7.05 Å². The van der Waals surface area contributed by atoms with Gasteiger partial charge in [-0.25, -0.2) is 14.3 Å². The fourth-order valence-corrected chi connectivity index (χ4v) is 8.79. The normalized spacial score (nSPS) is 29.0. The van der Waals surface area contributed by atoms with Crippen LogP contribution in [0.2, 0.25) is 0 Å². The number of hydrogen-bond acceptors (Lipinski definition) is 13. The summed E-state index contributed by atoms with van der Waals surface area (Å²) < 4.78 is 6.11. The Balaban J connectivity index is 1.45. The SMILES string of the molecule is CO[C@@]1(NC(=O)C2SC(=C(C(N)=O)C(=O)O)S2)C(=O)N2C(C(=O)O)C(CSc3nnnn3C)CS[C@@H]21. The van der Waals surface area contributed by atoms with Crippen LogP contribution in [0.15, 0.2) is 15.0 Å². The third kappa shape index (κ3) is 4.42. The van der Waals surface area contributed by atoms with Crippen molar-refractivity contribution >= 4 is 76.7 Å². The van der Waals surface area contributed by atoms with Gasteiger partial charge in [0, 0.05) is 31.6 Å². The lowest BCUT2D eigenvalue weighted by atomic mass is 9.92. The molecule has 5 N–H and O–H groups in total. The van der Waals surface area contributed by atoms with E-state index in [9.17, 15) is 29.1 Å². The highest BCUT2D eigenvalue weighted by Gasteiger charge is 2.69. The number of nitrogens with two attached hydrogens (primary N) is 1. The number of aryl methyl sites for hydroxylation is 1. The van der Waals surface area contributed by atoms with E-state index in [1.165, 1.54) is 40.2 Å². The summed E-state index contributed by atoms with van der Waals surface area (Å²) >= 11 is 4.20. The zero-order valence-corrected chi connectivity index (χ0v) is 21.8. The van der Waals surface area contributed by atoms with E-state index in [1.807, 2.05) is 0 Å². The molecule has 194 valence electrons. The van der Waals surface area contributed by atoms with Gasteiger partial charge >= 0.3 is 11.9 Å². The molecule has 0 saturated carbocycles. The fraction of sp³-hybridized carbons (Fsp3) is 0.529. The molecule has 0 aromatic carbocycles. The molecule has 3 aliphatic rings. The van der Waals surface area contributed by atoms with Gasteiger partial charge in [0.15, 0.2) is 0 Å². The van der Waals surface area contributed by atoms with E-state index >= 15 is 0 Å². The first-order valence-electron chi connectivity index (χ1n) is 10.0. The molecular weight excluding hydrogens is 558 g/mol. The van der Waals surface area contributed by atoms with Crippen molar-refractivity contribution in [3.8, 4) is 0 Å². The third-order valence-electron chi connectivity index (χ3n) is 5.57. The molecule has 4 rings (SSSR count). The molecule has 15 nitrogen and oxygen atoms in total. The van der Waals surface area contributed by atoms with Crippen LogP contribution in [0.25, 0.3) is 0 Å². The summed E-state index contributed by atoms with van der Waals surface area (Å²) in [5.74, 6) is -4.87. The zero-order valence-electron chi connectivity index (χ0n) is 18.5. The first-order chi connectivity index (χ1) is 17.0. The molecule has 4 atom stereocenters. The molecule has 2 unspecified atom stereocenters. The van der Waals surface area contributed by atoms with Crippen LogP contribution in [0.1, 0.15) is 0 Å². The molecular formula is C17H19N7O8S4. The number of thioether (sulfide) groups is 4. The van der Waals surface area contributed by atoms with E-state index in [4.69, 9.17) is 15.6 Å². The Morgan fingerprint density at radius 1 is 1.31 bits per heavy atom. The molecule has 0 spiro atoms. The molecule has 3 fully saturated rings. The van der Waals surface area contributed by atoms with Crippen molar-refractivity contribution < 1.29 is 38.9 Å². The molecule has 3 aliphatic heterocycles. The van der Waals surface area contributed by atoms with Crippen LogP contribution in [-0.2, 0) is 35.8 Å². The molecule has 3 amide bonds. The van der Waals surface area contributed by atoms with Crippen LogP contribution in [0, 0.1) is 5.92 Å². The summed E-state index contributed by atoms with van der Waals surface area (Å²) in [6.07, 6.45) is 0. The van der Waals surface area contributed by atoms with Crippen molar-refractivity contribution in [2.75, 3.05) is 18.6 Å². The average Bonchev–Trinajstić information content (AvgIpc) is 3.20. The number of carboxylic acids is 2. The van der Waals surface area contributed by atoms with Gasteiger partial charge in [-0.3, -0.25) is 14.4 Å². The third-order valence-corrected chi connectivity index (χ3v) is 11.1. The molecule has 4 heterocycles. The Morgan fingerprint density at radius 2 is 2.00 bits per heavy atom. The van der Waals surface area contributed by atoms with E-state index in [-0.39, 0.29) is 4.24 Å². The van der Waals surface area contributed by atoms with E-state index in [0.717, 1.165) is 23.5 Å². The Labute approximate surface area is 219 Å². The molecule has 0 aliphatic carbocycles. The number of rotatable bonds is 9. The summed E-state index contributed by atoms with van der Waals surface area (Å²) in [6, 6.07) is -1.15. The first-order valence-corrected chi connectivity index (χ1v) is 13.8. The minimum absolute atomic E-state index is 0.0830. The Hall–Kier alpha value is -2.48. The van der Waals surface area contributed by atoms with Crippen LogP contribution < -0.4 is 11.1 Å². The van der Waals surface area contributed by atoms with Crippen molar-refractivity contribution in [3.63, 3.8) is 0 Å². The summed E-state index contributed by atoms with van der Waals surface area (Å²) in [4.78, 5) is 61.9. The largest absolute Gasteiger partial charge is 0.480 e. The zero-order chi connectivity index (χ0) is 26.4. The number of tetrazole rings is 1. The van der Waals surface area contributed by atoms with E-state index in [2.05, 4.69) is 20.8 Å². The second-order valence-electron chi connectivity index (χ2n) is 7.67. The molecule has 0 bridgehead atoms.